The highest BCUT2D eigenvalue weighted by atomic mass is 16.5. The standard InChI is InChI=1S/C17H27N3O2/c1-12-6-5-11-20(15(12)9-4-10-18)17(21)16-13-7-2-3-8-14(13)19-22-16/h12,15H,2-11,18H2,1H3. The lowest BCUT2D eigenvalue weighted by atomic mass is 9.87. The smallest absolute Gasteiger partial charge is 0.293 e. The molecule has 5 nitrogen and oxygen atoms in total. The topological polar surface area (TPSA) is 72.4 Å². The van der Waals surface area contributed by atoms with Gasteiger partial charge >= 0.3 is 0 Å². The summed E-state index contributed by atoms with van der Waals surface area (Å²) in [6, 6.07) is 0.286. The molecular formula is C17H27N3O2. The van der Waals surface area contributed by atoms with E-state index in [4.69, 9.17) is 10.3 Å². The van der Waals surface area contributed by atoms with Crippen LogP contribution in [0.25, 0.3) is 0 Å². The number of hydrogen-bond donors (Lipinski definition) is 1. The van der Waals surface area contributed by atoms with Crippen molar-refractivity contribution in [3.8, 4) is 0 Å². The Bertz CT molecular complexity index is 526. The molecule has 1 aromatic rings. The van der Waals surface area contributed by atoms with Crippen LogP contribution in [0.15, 0.2) is 4.52 Å². The van der Waals surface area contributed by atoms with Gasteiger partial charge in [-0.15, -0.1) is 0 Å². The zero-order valence-electron chi connectivity index (χ0n) is 13.5. The van der Waals surface area contributed by atoms with Crippen molar-refractivity contribution in [3.05, 3.63) is 17.0 Å². The number of aromatic nitrogens is 1. The Kier molecular flexibility index (Phi) is 4.81. The third kappa shape index (κ3) is 2.91. The van der Waals surface area contributed by atoms with Crippen molar-refractivity contribution in [1.29, 1.82) is 0 Å². The lowest BCUT2D eigenvalue weighted by Gasteiger charge is -2.39. The van der Waals surface area contributed by atoms with Gasteiger partial charge in [-0.25, -0.2) is 0 Å². The Labute approximate surface area is 132 Å². The Morgan fingerprint density at radius 3 is 3.00 bits per heavy atom. The molecule has 0 aromatic carbocycles. The van der Waals surface area contributed by atoms with E-state index in [1.165, 1.54) is 6.42 Å². The first-order valence-electron chi connectivity index (χ1n) is 8.70. The third-order valence-corrected chi connectivity index (χ3v) is 5.23. The Hall–Kier alpha value is -1.36. The van der Waals surface area contributed by atoms with Gasteiger partial charge in [0.1, 0.15) is 0 Å². The molecule has 1 aliphatic heterocycles. The van der Waals surface area contributed by atoms with E-state index in [1.807, 2.05) is 4.90 Å². The predicted octanol–water partition coefficient (Wildman–Crippen LogP) is 2.53. The molecule has 22 heavy (non-hydrogen) atoms. The first kappa shape index (κ1) is 15.5. The minimum Gasteiger partial charge on any atom is -0.350 e. The fraction of sp³-hybridized carbons (Fsp3) is 0.765. The molecule has 2 atom stereocenters. The summed E-state index contributed by atoms with van der Waals surface area (Å²) in [6.45, 7) is 3.76. The van der Waals surface area contributed by atoms with Crippen LogP contribution in [-0.2, 0) is 12.8 Å². The molecular weight excluding hydrogens is 278 g/mol. The number of fused-ring (bicyclic) bond motifs is 1. The Morgan fingerprint density at radius 1 is 1.36 bits per heavy atom. The molecule has 122 valence electrons. The number of nitrogens with two attached hydrogens (primary N) is 1. The Morgan fingerprint density at radius 2 is 2.18 bits per heavy atom. The number of aryl methyl sites for hydroxylation is 1. The van der Waals surface area contributed by atoms with E-state index < -0.39 is 0 Å². The summed E-state index contributed by atoms with van der Waals surface area (Å²) >= 11 is 0. The van der Waals surface area contributed by atoms with Crippen LogP contribution < -0.4 is 5.73 Å². The highest BCUT2D eigenvalue weighted by Crippen LogP contribution is 2.30. The maximum absolute atomic E-state index is 13.0. The first-order valence-corrected chi connectivity index (χ1v) is 8.70. The first-order chi connectivity index (χ1) is 10.7. The van der Waals surface area contributed by atoms with Crippen LogP contribution in [0.1, 0.15) is 67.3 Å². The monoisotopic (exact) mass is 305 g/mol. The number of carbonyl (C=O) groups is 1. The SMILES string of the molecule is CC1CCCN(C(=O)c2onc3c2CCCC3)C1CCCN. The van der Waals surface area contributed by atoms with Crippen LogP contribution in [0.4, 0.5) is 0 Å². The molecule has 1 saturated heterocycles. The van der Waals surface area contributed by atoms with Crippen LogP contribution in [0.3, 0.4) is 0 Å². The predicted molar refractivity (Wildman–Crippen MR) is 84.7 cm³/mol. The second-order valence-electron chi connectivity index (χ2n) is 6.76. The van der Waals surface area contributed by atoms with E-state index in [1.54, 1.807) is 0 Å². The van der Waals surface area contributed by atoms with Crippen molar-refractivity contribution in [2.75, 3.05) is 13.1 Å². The van der Waals surface area contributed by atoms with Gasteiger partial charge in [0.25, 0.3) is 5.91 Å². The van der Waals surface area contributed by atoms with Gasteiger partial charge in [-0.05, 0) is 63.8 Å². The number of likely N-dealkylation sites (tertiary alicyclic amines) is 1. The normalized spacial score (nSPS) is 25.1. The summed E-state index contributed by atoms with van der Waals surface area (Å²) in [5.74, 6) is 1.08. The van der Waals surface area contributed by atoms with Gasteiger partial charge in [0.2, 0.25) is 5.76 Å². The molecule has 0 saturated carbocycles. The van der Waals surface area contributed by atoms with Gasteiger partial charge in [-0.3, -0.25) is 4.79 Å². The molecule has 2 heterocycles. The number of carbonyl (C=O) groups excluding carboxylic acids is 1. The second-order valence-corrected chi connectivity index (χ2v) is 6.76. The van der Waals surface area contributed by atoms with Crippen LogP contribution in [-0.4, -0.2) is 35.1 Å². The molecule has 0 spiro atoms. The highest BCUT2D eigenvalue weighted by Gasteiger charge is 2.35. The number of piperidine rings is 1. The molecule has 0 radical (unpaired) electrons. The fourth-order valence-corrected chi connectivity index (χ4v) is 3.96. The lowest BCUT2D eigenvalue weighted by Crippen LogP contribution is -2.48. The summed E-state index contributed by atoms with van der Waals surface area (Å²) < 4.78 is 5.45. The average molecular weight is 305 g/mol. The van der Waals surface area contributed by atoms with Crippen molar-refractivity contribution < 1.29 is 9.32 Å². The summed E-state index contributed by atoms with van der Waals surface area (Å²) in [7, 11) is 0. The van der Waals surface area contributed by atoms with Crippen LogP contribution in [0.5, 0.6) is 0 Å². The van der Waals surface area contributed by atoms with Crippen molar-refractivity contribution in [2.45, 2.75) is 64.3 Å². The van der Waals surface area contributed by atoms with E-state index in [0.29, 0.717) is 18.2 Å². The summed E-state index contributed by atoms with van der Waals surface area (Å²) in [4.78, 5) is 15.0. The minimum atomic E-state index is 0.0456. The van der Waals surface area contributed by atoms with Crippen molar-refractivity contribution in [1.82, 2.24) is 10.1 Å². The van der Waals surface area contributed by atoms with E-state index in [2.05, 4.69) is 12.1 Å². The molecule has 1 fully saturated rings. The molecule has 2 aliphatic rings. The Balaban J connectivity index is 1.81. The zero-order valence-corrected chi connectivity index (χ0v) is 13.5. The van der Waals surface area contributed by atoms with Crippen LogP contribution in [0, 0.1) is 5.92 Å². The molecule has 2 N–H and O–H groups in total. The van der Waals surface area contributed by atoms with E-state index in [-0.39, 0.29) is 11.9 Å². The van der Waals surface area contributed by atoms with E-state index in [0.717, 1.165) is 62.7 Å². The zero-order chi connectivity index (χ0) is 15.5. The maximum atomic E-state index is 13.0. The molecule has 1 aliphatic carbocycles. The summed E-state index contributed by atoms with van der Waals surface area (Å²) in [5, 5.41) is 4.14. The van der Waals surface area contributed by atoms with Gasteiger partial charge < -0.3 is 15.2 Å². The number of nitrogens with zero attached hydrogens (tertiary/aromatic N) is 2. The second kappa shape index (κ2) is 6.82. The summed E-state index contributed by atoms with van der Waals surface area (Å²) in [5.41, 5.74) is 7.73. The minimum absolute atomic E-state index is 0.0456. The quantitative estimate of drug-likeness (QED) is 0.928. The fourth-order valence-electron chi connectivity index (χ4n) is 3.96. The van der Waals surface area contributed by atoms with Gasteiger partial charge in [0.05, 0.1) is 5.69 Å². The van der Waals surface area contributed by atoms with Crippen molar-refractivity contribution >= 4 is 5.91 Å². The van der Waals surface area contributed by atoms with Gasteiger partial charge in [-0.2, -0.15) is 0 Å². The molecule has 3 rings (SSSR count). The summed E-state index contributed by atoms with van der Waals surface area (Å²) in [6.07, 6.45) is 8.35. The largest absolute Gasteiger partial charge is 0.350 e. The molecule has 2 unspecified atom stereocenters. The van der Waals surface area contributed by atoms with Crippen molar-refractivity contribution in [3.63, 3.8) is 0 Å². The van der Waals surface area contributed by atoms with E-state index >= 15 is 0 Å². The average Bonchev–Trinajstić information content (AvgIpc) is 2.97. The van der Waals surface area contributed by atoms with Crippen LogP contribution in [0.2, 0.25) is 0 Å². The molecule has 5 heteroatoms. The highest BCUT2D eigenvalue weighted by molar-refractivity contribution is 5.93. The lowest BCUT2D eigenvalue weighted by molar-refractivity contribution is 0.0455. The van der Waals surface area contributed by atoms with Gasteiger partial charge in [-0.1, -0.05) is 12.1 Å². The number of amides is 1. The number of rotatable bonds is 4. The molecule has 1 aromatic heterocycles. The van der Waals surface area contributed by atoms with E-state index in [9.17, 15) is 4.79 Å². The maximum Gasteiger partial charge on any atom is 0.293 e. The van der Waals surface area contributed by atoms with Crippen LogP contribution >= 0.6 is 0 Å². The van der Waals surface area contributed by atoms with Gasteiger partial charge in [0.15, 0.2) is 0 Å². The van der Waals surface area contributed by atoms with Crippen molar-refractivity contribution in [2.24, 2.45) is 11.7 Å². The molecule has 1 amide bonds. The molecule has 0 bridgehead atoms. The third-order valence-electron chi connectivity index (χ3n) is 5.23. The van der Waals surface area contributed by atoms with Gasteiger partial charge in [0, 0.05) is 18.2 Å². The number of hydrogen-bond acceptors (Lipinski definition) is 4.